The lowest BCUT2D eigenvalue weighted by atomic mass is 9.87. The highest BCUT2D eigenvalue weighted by atomic mass is 16.6. The predicted octanol–water partition coefficient (Wildman–Crippen LogP) is 4.38. The van der Waals surface area contributed by atoms with Gasteiger partial charge >= 0.3 is 6.09 Å². The van der Waals surface area contributed by atoms with E-state index < -0.39 is 0 Å². The van der Waals surface area contributed by atoms with Gasteiger partial charge in [0.05, 0.1) is 13.2 Å². The molecule has 1 saturated carbocycles. The second-order valence-electron chi connectivity index (χ2n) is 6.67. The first-order chi connectivity index (χ1) is 11.3. The Morgan fingerprint density at radius 1 is 1.09 bits per heavy atom. The summed E-state index contributed by atoms with van der Waals surface area (Å²) in [4.78, 5) is 13.4. The first-order valence-corrected chi connectivity index (χ1v) is 8.95. The zero-order valence-corrected chi connectivity index (χ0v) is 13.8. The number of rotatable bonds is 6. The van der Waals surface area contributed by atoms with Crippen LogP contribution in [0.15, 0.2) is 24.3 Å². The van der Waals surface area contributed by atoms with Crippen LogP contribution in [0, 0.1) is 5.92 Å². The molecule has 0 aromatic heterocycles. The molecule has 4 heteroatoms. The molecule has 0 radical (unpaired) electrons. The predicted molar refractivity (Wildman–Crippen MR) is 89.5 cm³/mol. The van der Waals surface area contributed by atoms with E-state index in [9.17, 15) is 4.79 Å². The fourth-order valence-corrected chi connectivity index (χ4v) is 3.47. The third kappa shape index (κ3) is 4.88. The van der Waals surface area contributed by atoms with Crippen molar-refractivity contribution in [2.45, 2.75) is 51.5 Å². The molecule has 1 aliphatic carbocycles. The standard InChI is InChI=1S/C19H27NO3/c21-19-20(12-4-13-23-19)15-17-7-9-18(10-8-17)22-14-11-16-5-2-1-3-6-16/h7-10,16H,1-6,11-15H2. The monoisotopic (exact) mass is 317 g/mol. The highest BCUT2D eigenvalue weighted by molar-refractivity contribution is 5.68. The molecule has 0 atom stereocenters. The Labute approximate surface area is 138 Å². The quantitative estimate of drug-likeness (QED) is 0.781. The van der Waals surface area contributed by atoms with Crippen LogP contribution in [0.25, 0.3) is 0 Å². The van der Waals surface area contributed by atoms with Crippen LogP contribution in [0.3, 0.4) is 0 Å². The number of nitrogens with zero attached hydrogens (tertiary/aromatic N) is 1. The van der Waals surface area contributed by atoms with Crippen molar-refractivity contribution in [2.75, 3.05) is 19.8 Å². The van der Waals surface area contributed by atoms with Crippen molar-refractivity contribution in [3.8, 4) is 5.75 Å². The Morgan fingerprint density at radius 2 is 1.87 bits per heavy atom. The average molecular weight is 317 g/mol. The van der Waals surface area contributed by atoms with Gasteiger partial charge in [-0.25, -0.2) is 4.79 Å². The minimum atomic E-state index is -0.205. The number of hydrogen-bond donors (Lipinski definition) is 0. The Morgan fingerprint density at radius 3 is 2.61 bits per heavy atom. The van der Waals surface area contributed by atoms with Gasteiger partial charge in [-0.1, -0.05) is 44.2 Å². The lowest BCUT2D eigenvalue weighted by Gasteiger charge is -2.26. The number of carbonyl (C=O) groups excluding carboxylic acids is 1. The molecule has 1 aromatic carbocycles. The van der Waals surface area contributed by atoms with Gasteiger partial charge in [-0.05, 0) is 36.5 Å². The van der Waals surface area contributed by atoms with Crippen molar-refractivity contribution in [3.63, 3.8) is 0 Å². The van der Waals surface area contributed by atoms with Gasteiger partial charge in [-0.2, -0.15) is 0 Å². The third-order valence-electron chi connectivity index (χ3n) is 4.87. The van der Waals surface area contributed by atoms with Crippen LogP contribution < -0.4 is 4.74 Å². The summed E-state index contributed by atoms with van der Waals surface area (Å²) >= 11 is 0. The summed E-state index contributed by atoms with van der Waals surface area (Å²) in [6.45, 7) is 2.74. The maximum Gasteiger partial charge on any atom is 0.410 e. The second kappa shape index (κ2) is 8.23. The van der Waals surface area contributed by atoms with E-state index in [0.29, 0.717) is 13.2 Å². The van der Waals surface area contributed by atoms with Gasteiger partial charge < -0.3 is 14.4 Å². The van der Waals surface area contributed by atoms with Gasteiger partial charge in [-0.3, -0.25) is 0 Å². The first-order valence-electron chi connectivity index (χ1n) is 8.95. The number of hydrogen-bond acceptors (Lipinski definition) is 3. The van der Waals surface area contributed by atoms with E-state index in [2.05, 4.69) is 0 Å². The van der Waals surface area contributed by atoms with Crippen LogP contribution in [0.1, 0.15) is 50.5 Å². The molecule has 23 heavy (non-hydrogen) atoms. The topological polar surface area (TPSA) is 38.8 Å². The maximum atomic E-state index is 11.6. The summed E-state index contributed by atoms with van der Waals surface area (Å²) in [6.07, 6.45) is 8.79. The van der Waals surface area contributed by atoms with Crippen molar-refractivity contribution in [1.82, 2.24) is 4.90 Å². The fourth-order valence-electron chi connectivity index (χ4n) is 3.47. The summed E-state index contributed by atoms with van der Waals surface area (Å²) < 4.78 is 10.9. The second-order valence-corrected chi connectivity index (χ2v) is 6.67. The van der Waals surface area contributed by atoms with Gasteiger partial charge in [0.15, 0.2) is 0 Å². The lowest BCUT2D eigenvalue weighted by Crippen LogP contribution is -2.37. The molecule has 3 rings (SSSR count). The Kier molecular flexibility index (Phi) is 5.78. The van der Waals surface area contributed by atoms with Gasteiger partial charge in [0.2, 0.25) is 0 Å². The van der Waals surface area contributed by atoms with Gasteiger partial charge in [0.25, 0.3) is 0 Å². The Balaban J connectivity index is 1.42. The minimum absolute atomic E-state index is 0.205. The Hall–Kier alpha value is -1.71. The van der Waals surface area contributed by atoms with Crippen LogP contribution in [0.4, 0.5) is 4.79 Å². The lowest BCUT2D eigenvalue weighted by molar-refractivity contribution is 0.0700. The van der Waals surface area contributed by atoms with Crippen molar-refractivity contribution in [3.05, 3.63) is 29.8 Å². The summed E-state index contributed by atoms with van der Waals surface area (Å²) in [7, 11) is 0. The molecular formula is C19H27NO3. The molecular weight excluding hydrogens is 290 g/mol. The average Bonchev–Trinajstić information content (AvgIpc) is 2.59. The van der Waals surface area contributed by atoms with Gasteiger partial charge in [-0.15, -0.1) is 0 Å². The van der Waals surface area contributed by atoms with Crippen LogP contribution >= 0.6 is 0 Å². The van der Waals surface area contributed by atoms with E-state index in [1.54, 1.807) is 4.90 Å². The summed E-state index contributed by atoms with van der Waals surface area (Å²) in [5, 5.41) is 0. The van der Waals surface area contributed by atoms with Gasteiger partial charge in [0.1, 0.15) is 5.75 Å². The largest absolute Gasteiger partial charge is 0.494 e. The fraction of sp³-hybridized carbons (Fsp3) is 0.632. The van der Waals surface area contributed by atoms with E-state index in [1.807, 2.05) is 24.3 Å². The van der Waals surface area contributed by atoms with Crippen molar-refractivity contribution >= 4 is 6.09 Å². The van der Waals surface area contributed by atoms with Crippen LogP contribution in [-0.2, 0) is 11.3 Å². The molecule has 1 aromatic rings. The third-order valence-corrected chi connectivity index (χ3v) is 4.87. The van der Waals surface area contributed by atoms with Gasteiger partial charge in [0, 0.05) is 13.1 Å². The van der Waals surface area contributed by atoms with E-state index in [4.69, 9.17) is 9.47 Å². The van der Waals surface area contributed by atoms with Crippen molar-refractivity contribution < 1.29 is 14.3 Å². The number of carbonyl (C=O) groups is 1. The summed E-state index contributed by atoms with van der Waals surface area (Å²) in [5.74, 6) is 1.78. The highest BCUT2D eigenvalue weighted by Gasteiger charge is 2.19. The molecule has 4 nitrogen and oxygen atoms in total. The molecule has 0 bridgehead atoms. The van der Waals surface area contributed by atoms with Crippen molar-refractivity contribution in [2.24, 2.45) is 5.92 Å². The first kappa shape index (κ1) is 16.2. The minimum Gasteiger partial charge on any atom is -0.494 e. The van der Waals surface area contributed by atoms with E-state index in [-0.39, 0.29) is 6.09 Å². The number of cyclic esters (lactones) is 1. The molecule has 1 amide bonds. The Bertz CT molecular complexity index is 494. The van der Waals surface area contributed by atoms with Crippen LogP contribution in [0.2, 0.25) is 0 Å². The smallest absolute Gasteiger partial charge is 0.410 e. The normalized spacial score (nSPS) is 19.5. The zero-order valence-electron chi connectivity index (χ0n) is 13.8. The van der Waals surface area contributed by atoms with E-state index in [0.717, 1.165) is 36.8 Å². The van der Waals surface area contributed by atoms with Crippen LogP contribution in [-0.4, -0.2) is 30.8 Å². The number of amides is 1. The molecule has 2 aliphatic rings. The molecule has 1 saturated heterocycles. The molecule has 2 fully saturated rings. The SMILES string of the molecule is O=C1OCCCN1Cc1ccc(OCCC2CCCCC2)cc1. The molecule has 0 spiro atoms. The molecule has 126 valence electrons. The van der Waals surface area contributed by atoms with Crippen molar-refractivity contribution in [1.29, 1.82) is 0 Å². The number of ether oxygens (including phenoxy) is 2. The summed E-state index contributed by atoms with van der Waals surface area (Å²) in [6, 6.07) is 8.09. The molecule has 0 unspecified atom stereocenters. The maximum absolute atomic E-state index is 11.6. The van der Waals surface area contributed by atoms with E-state index >= 15 is 0 Å². The van der Waals surface area contributed by atoms with E-state index in [1.165, 1.54) is 38.5 Å². The molecule has 1 aliphatic heterocycles. The highest BCUT2D eigenvalue weighted by Crippen LogP contribution is 2.26. The molecule has 0 N–H and O–H groups in total. The van der Waals surface area contributed by atoms with Crippen LogP contribution in [0.5, 0.6) is 5.75 Å². The summed E-state index contributed by atoms with van der Waals surface area (Å²) in [5.41, 5.74) is 1.11. The molecule has 1 heterocycles. The zero-order chi connectivity index (χ0) is 15.9. The number of benzene rings is 1.